The maximum absolute atomic E-state index is 11.3. The molecule has 0 amide bonds. The van der Waals surface area contributed by atoms with E-state index in [9.17, 15) is 5.11 Å². The van der Waals surface area contributed by atoms with Gasteiger partial charge in [0.05, 0.1) is 11.7 Å². The van der Waals surface area contributed by atoms with Crippen LogP contribution in [0, 0.1) is 11.8 Å². The van der Waals surface area contributed by atoms with E-state index in [0.717, 1.165) is 30.6 Å². The minimum Gasteiger partial charge on any atom is -0.490 e. The van der Waals surface area contributed by atoms with Crippen LogP contribution in [0.1, 0.15) is 57.9 Å². The van der Waals surface area contributed by atoms with Gasteiger partial charge in [-0.1, -0.05) is 38.8 Å². The molecule has 1 N–H and O–H groups in total. The lowest BCUT2D eigenvalue weighted by atomic mass is 9.67. The topological polar surface area (TPSA) is 29.5 Å². The average Bonchev–Trinajstić information content (AvgIpc) is 3.23. The molecule has 0 aliphatic heterocycles. The fraction of sp³-hybridized carbons (Fsp3) is 0.667. The van der Waals surface area contributed by atoms with E-state index in [1.807, 2.05) is 12.1 Å². The van der Waals surface area contributed by atoms with Gasteiger partial charge in [-0.05, 0) is 55.2 Å². The Labute approximate surface area is 122 Å². The van der Waals surface area contributed by atoms with E-state index in [4.69, 9.17) is 4.74 Å². The molecule has 2 unspecified atom stereocenters. The van der Waals surface area contributed by atoms with Gasteiger partial charge in [-0.2, -0.15) is 0 Å². The van der Waals surface area contributed by atoms with Gasteiger partial charge in [-0.3, -0.25) is 0 Å². The Morgan fingerprint density at radius 3 is 2.70 bits per heavy atom. The molecule has 2 saturated carbocycles. The van der Waals surface area contributed by atoms with Crippen LogP contribution in [0.3, 0.4) is 0 Å². The average molecular weight is 274 g/mol. The van der Waals surface area contributed by atoms with Crippen LogP contribution >= 0.6 is 0 Å². The van der Waals surface area contributed by atoms with Crippen LogP contribution in [-0.2, 0) is 5.60 Å². The van der Waals surface area contributed by atoms with Gasteiger partial charge in [0.1, 0.15) is 5.75 Å². The molecule has 2 aliphatic rings. The lowest BCUT2D eigenvalue weighted by Gasteiger charge is -2.43. The first-order valence-corrected chi connectivity index (χ1v) is 8.09. The molecule has 0 saturated heterocycles. The Balaban J connectivity index is 1.87. The number of ether oxygens (including phenoxy) is 1. The van der Waals surface area contributed by atoms with Crippen molar-refractivity contribution in [2.24, 2.45) is 11.8 Å². The summed E-state index contributed by atoms with van der Waals surface area (Å²) in [4.78, 5) is 0. The van der Waals surface area contributed by atoms with Crippen molar-refractivity contribution in [1.82, 2.24) is 0 Å². The van der Waals surface area contributed by atoms with Crippen LogP contribution in [-0.4, -0.2) is 11.2 Å². The van der Waals surface area contributed by atoms with E-state index in [1.54, 1.807) is 0 Å². The third-order valence-electron chi connectivity index (χ3n) is 4.90. The SMILES string of the molecule is CC(C)C1CCCCC1(O)c1cccc(OC2CC2)c1. The third-order valence-corrected chi connectivity index (χ3v) is 4.90. The predicted molar refractivity (Wildman–Crippen MR) is 80.8 cm³/mol. The Bertz CT molecular complexity index is 464. The van der Waals surface area contributed by atoms with Crippen LogP contribution in [0.15, 0.2) is 24.3 Å². The molecule has 2 heteroatoms. The summed E-state index contributed by atoms with van der Waals surface area (Å²) in [7, 11) is 0. The number of rotatable bonds is 4. The van der Waals surface area contributed by atoms with E-state index < -0.39 is 5.60 Å². The molecule has 2 atom stereocenters. The lowest BCUT2D eigenvalue weighted by Crippen LogP contribution is -2.40. The number of hydrogen-bond acceptors (Lipinski definition) is 2. The maximum atomic E-state index is 11.3. The first-order valence-electron chi connectivity index (χ1n) is 8.09. The Morgan fingerprint density at radius 1 is 1.20 bits per heavy atom. The summed E-state index contributed by atoms with van der Waals surface area (Å²) >= 11 is 0. The number of benzene rings is 1. The second kappa shape index (κ2) is 5.40. The highest BCUT2D eigenvalue weighted by Crippen LogP contribution is 2.45. The van der Waals surface area contributed by atoms with Gasteiger partial charge in [0.25, 0.3) is 0 Å². The minimum atomic E-state index is -0.671. The summed E-state index contributed by atoms with van der Waals surface area (Å²) in [5, 5.41) is 11.3. The van der Waals surface area contributed by atoms with Crippen molar-refractivity contribution in [2.45, 2.75) is 64.1 Å². The van der Waals surface area contributed by atoms with Gasteiger partial charge in [-0.25, -0.2) is 0 Å². The molecule has 0 radical (unpaired) electrons. The van der Waals surface area contributed by atoms with Gasteiger partial charge in [0.15, 0.2) is 0 Å². The summed E-state index contributed by atoms with van der Waals surface area (Å²) in [6.07, 6.45) is 7.11. The molecule has 2 fully saturated rings. The maximum Gasteiger partial charge on any atom is 0.120 e. The molecule has 1 aromatic carbocycles. The zero-order valence-corrected chi connectivity index (χ0v) is 12.6. The molecule has 0 heterocycles. The molecule has 2 aliphatic carbocycles. The van der Waals surface area contributed by atoms with Gasteiger partial charge in [-0.15, -0.1) is 0 Å². The second-order valence-electron chi connectivity index (χ2n) is 6.87. The van der Waals surface area contributed by atoms with E-state index in [-0.39, 0.29) is 0 Å². The summed E-state index contributed by atoms with van der Waals surface area (Å²) < 4.78 is 5.89. The minimum absolute atomic E-state index is 0.354. The summed E-state index contributed by atoms with van der Waals surface area (Å²) in [5.41, 5.74) is 0.379. The van der Waals surface area contributed by atoms with Crippen LogP contribution in [0.5, 0.6) is 5.75 Å². The van der Waals surface area contributed by atoms with Crippen molar-refractivity contribution in [3.63, 3.8) is 0 Å². The fourth-order valence-corrected chi connectivity index (χ4v) is 3.64. The third kappa shape index (κ3) is 2.71. The lowest BCUT2D eigenvalue weighted by molar-refractivity contribution is -0.0722. The van der Waals surface area contributed by atoms with Gasteiger partial charge in [0.2, 0.25) is 0 Å². The predicted octanol–water partition coefficient (Wildman–Crippen LogP) is 4.26. The molecule has 0 aromatic heterocycles. The summed E-state index contributed by atoms with van der Waals surface area (Å²) in [5.74, 6) is 1.78. The van der Waals surface area contributed by atoms with E-state index in [0.29, 0.717) is 17.9 Å². The molecule has 1 aromatic rings. The van der Waals surface area contributed by atoms with Gasteiger partial charge in [0, 0.05) is 0 Å². The first kappa shape index (κ1) is 13.9. The Morgan fingerprint density at radius 2 is 2.00 bits per heavy atom. The number of aliphatic hydroxyl groups is 1. The summed E-state index contributed by atoms with van der Waals surface area (Å²) in [6.45, 7) is 4.46. The van der Waals surface area contributed by atoms with Crippen molar-refractivity contribution in [2.75, 3.05) is 0 Å². The Hall–Kier alpha value is -1.02. The van der Waals surface area contributed by atoms with Crippen molar-refractivity contribution in [1.29, 1.82) is 0 Å². The van der Waals surface area contributed by atoms with Crippen LogP contribution in [0.2, 0.25) is 0 Å². The van der Waals surface area contributed by atoms with Crippen molar-refractivity contribution in [3.8, 4) is 5.75 Å². The highest BCUT2D eigenvalue weighted by atomic mass is 16.5. The molecule has 110 valence electrons. The quantitative estimate of drug-likeness (QED) is 0.889. The molecule has 3 rings (SSSR count). The highest BCUT2D eigenvalue weighted by molar-refractivity contribution is 5.33. The standard InChI is InChI=1S/C18H26O2/c1-13(2)17-8-3-4-11-18(17,19)14-6-5-7-16(12-14)20-15-9-10-15/h5-7,12-13,15,17,19H,3-4,8-11H2,1-2H3. The molecule has 0 bridgehead atoms. The Kier molecular flexibility index (Phi) is 3.76. The number of hydrogen-bond donors (Lipinski definition) is 1. The normalized spacial score (nSPS) is 30.5. The van der Waals surface area contributed by atoms with Crippen LogP contribution < -0.4 is 4.74 Å². The van der Waals surface area contributed by atoms with Gasteiger partial charge < -0.3 is 9.84 Å². The van der Waals surface area contributed by atoms with Crippen LogP contribution in [0.25, 0.3) is 0 Å². The van der Waals surface area contributed by atoms with Gasteiger partial charge >= 0.3 is 0 Å². The smallest absolute Gasteiger partial charge is 0.120 e. The largest absolute Gasteiger partial charge is 0.490 e. The zero-order chi connectivity index (χ0) is 14.2. The van der Waals surface area contributed by atoms with Crippen molar-refractivity contribution < 1.29 is 9.84 Å². The summed E-state index contributed by atoms with van der Waals surface area (Å²) in [6, 6.07) is 8.18. The first-order chi connectivity index (χ1) is 9.59. The van der Waals surface area contributed by atoms with Crippen molar-refractivity contribution in [3.05, 3.63) is 29.8 Å². The monoisotopic (exact) mass is 274 g/mol. The molecule has 0 spiro atoms. The van der Waals surface area contributed by atoms with Crippen LogP contribution in [0.4, 0.5) is 0 Å². The van der Waals surface area contributed by atoms with E-state index in [1.165, 1.54) is 19.3 Å². The molecular weight excluding hydrogens is 248 g/mol. The molecule has 20 heavy (non-hydrogen) atoms. The van der Waals surface area contributed by atoms with E-state index in [2.05, 4.69) is 26.0 Å². The fourth-order valence-electron chi connectivity index (χ4n) is 3.64. The highest BCUT2D eigenvalue weighted by Gasteiger charge is 2.42. The van der Waals surface area contributed by atoms with E-state index >= 15 is 0 Å². The zero-order valence-electron chi connectivity index (χ0n) is 12.6. The second-order valence-corrected chi connectivity index (χ2v) is 6.87. The van der Waals surface area contributed by atoms with Crippen molar-refractivity contribution >= 4 is 0 Å². The molecular formula is C18H26O2. The molecule has 2 nitrogen and oxygen atoms in total.